The highest BCUT2D eigenvalue weighted by Crippen LogP contribution is 2.33. The molecule has 2 fully saturated rings. The third-order valence-electron chi connectivity index (χ3n) is 4.92. The summed E-state index contributed by atoms with van der Waals surface area (Å²) >= 11 is 6.11. The van der Waals surface area contributed by atoms with Crippen LogP contribution in [-0.4, -0.2) is 38.2 Å². The Morgan fingerprint density at radius 3 is 2.91 bits per heavy atom. The van der Waals surface area contributed by atoms with Crippen molar-refractivity contribution in [2.45, 2.75) is 37.8 Å². The number of hydrogen-bond acceptors (Lipinski definition) is 4. The first-order chi connectivity index (χ1) is 11.1. The van der Waals surface area contributed by atoms with Crippen molar-refractivity contribution in [3.8, 4) is 5.75 Å². The number of benzene rings is 1. The van der Waals surface area contributed by atoms with Crippen molar-refractivity contribution in [2.75, 3.05) is 25.1 Å². The number of rotatable bonds is 4. The normalized spacial score (nSPS) is 27.3. The molecule has 126 valence electrons. The molecular weight excluding hydrogens is 314 g/mol. The van der Waals surface area contributed by atoms with E-state index in [2.05, 4.69) is 10.2 Å². The van der Waals surface area contributed by atoms with Gasteiger partial charge in [-0.15, -0.1) is 0 Å². The van der Waals surface area contributed by atoms with Crippen LogP contribution in [0, 0.1) is 5.92 Å². The maximum atomic E-state index is 12.4. The van der Waals surface area contributed by atoms with Gasteiger partial charge in [-0.2, -0.15) is 0 Å². The molecule has 3 atom stereocenters. The third-order valence-corrected chi connectivity index (χ3v) is 5.16. The van der Waals surface area contributed by atoms with Crippen LogP contribution in [0.4, 0.5) is 5.69 Å². The van der Waals surface area contributed by atoms with Crippen molar-refractivity contribution in [1.29, 1.82) is 0 Å². The number of amides is 1. The van der Waals surface area contributed by atoms with Gasteiger partial charge >= 0.3 is 0 Å². The van der Waals surface area contributed by atoms with Gasteiger partial charge in [-0.05, 0) is 37.5 Å². The SMILES string of the molecule is COc1ccc(Cl)cc1N1CC[C@H](NC(=O)[C@@H]2CCC[C@@H]2N)C1. The number of methoxy groups -OCH3 is 1. The number of carbonyl (C=O) groups is 1. The van der Waals surface area contributed by atoms with E-state index < -0.39 is 0 Å². The Kier molecular flexibility index (Phi) is 4.97. The lowest BCUT2D eigenvalue weighted by molar-refractivity contribution is -0.125. The molecule has 0 unspecified atom stereocenters. The monoisotopic (exact) mass is 337 g/mol. The number of nitrogens with one attached hydrogen (secondary N) is 1. The Balaban J connectivity index is 1.62. The van der Waals surface area contributed by atoms with Crippen LogP contribution in [0.2, 0.25) is 5.02 Å². The molecule has 1 aromatic rings. The van der Waals surface area contributed by atoms with Crippen molar-refractivity contribution in [1.82, 2.24) is 5.32 Å². The predicted octanol–water partition coefficient (Wildman–Crippen LogP) is 2.17. The summed E-state index contributed by atoms with van der Waals surface area (Å²) in [5.41, 5.74) is 7.01. The summed E-state index contributed by atoms with van der Waals surface area (Å²) in [6.45, 7) is 1.64. The highest BCUT2D eigenvalue weighted by Gasteiger charge is 2.33. The Labute approximate surface area is 142 Å². The van der Waals surface area contributed by atoms with Gasteiger partial charge in [0, 0.05) is 30.2 Å². The molecule has 1 heterocycles. The molecule has 1 aliphatic heterocycles. The quantitative estimate of drug-likeness (QED) is 0.883. The Morgan fingerprint density at radius 1 is 1.39 bits per heavy atom. The van der Waals surface area contributed by atoms with Gasteiger partial charge in [0.15, 0.2) is 0 Å². The molecule has 1 saturated heterocycles. The van der Waals surface area contributed by atoms with Gasteiger partial charge in [-0.25, -0.2) is 0 Å². The molecule has 3 rings (SSSR count). The lowest BCUT2D eigenvalue weighted by Crippen LogP contribution is -2.44. The molecule has 0 radical (unpaired) electrons. The van der Waals surface area contributed by atoms with Crippen LogP contribution in [0.25, 0.3) is 0 Å². The lowest BCUT2D eigenvalue weighted by atomic mass is 10.0. The van der Waals surface area contributed by atoms with E-state index in [1.54, 1.807) is 7.11 Å². The van der Waals surface area contributed by atoms with E-state index in [9.17, 15) is 4.79 Å². The minimum Gasteiger partial charge on any atom is -0.495 e. The second-order valence-corrected chi connectivity index (χ2v) is 6.89. The number of hydrogen-bond donors (Lipinski definition) is 2. The zero-order valence-electron chi connectivity index (χ0n) is 13.4. The molecule has 1 amide bonds. The molecule has 6 heteroatoms. The van der Waals surface area contributed by atoms with E-state index in [1.165, 1.54) is 0 Å². The molecule has 0 bridgehead atoms. The van der Waals surface area contributed by atoms with E-state index >= 15 is 0 Å². The van der Waals surface area contributed by atoms with Crippen molar-refractivity contribution in [2.24, 2.45) is 11.7 Å². The summed E-state index contributed by atoms with van der Waals surface area (Å²) in [6.07, 6.45) is 3.83. The van der Waals surface area contributed by atoms with Gasteiger partial charge in [0.05, 0.1) is 18.7 Å². The fourth-order valence-corrected chi connectivity index (χ4v) is 3.80. The second-order valence-electron chi connectivity index (χ2n) is 6.46. The van der Waals surface area contributed by atoms with Gasteiger partial charge < -0.3 is 20.7 Å². The summed E-state index contributed by atoms with van der Waals surface area (Å²) in [7, 11) is 1.66. The molecule has 1 aromatic carbocycles. The number of anilines is 1. The van der Waals surface area contributed by atoms with E-state index in [0.29, 0.717) is 5.02 Å². The third kappa shape index (κ3) is 3.56. The van der Waals surface area contributed by atoms with Gasteiger partial charge in [0.2, 0.25) is 5.91 Å². The average molecular weight is 338 g/mol. The number of carbonyl (C=O) groups excluding carboxylic acids is 1. The van der Waals surface area contributed by atoms with Crippen LogP contribution in [-0.2, 0) is 4.79 Å². The van der Waals surface area contributed by atoms with Gasteiger partial charge in [-0.1, -0.05) is 18.0 Å². The number of nitrogens with two attached hydrogens (primary N) is 1. The van der Waals surface area contributed by atoms with Crippen molar-refractivity contribution >= 4 is 23.2 Å². The standard InChI is InChI=1S/C17H24ClN3O2/c1-23-16-6-5-11(18)9-15(16)21-8-7-12(10-21)20-17(22)13-3-2-4-14(13)19/h5-6,9,12-14H,2-4,7-8,10,19H2,1H3,(H,20,22)/t12-,13+,14-/m0/s1. The van der Waals surface area contributed by atoms with Crippen LogP contribution in [0.1, 0.15) is 25.7 Å². The summed E-state index contributed by atoms with van der Waals surface area (Å²) in [5, 5.41) is 3.85. The summed E-state index contributed by atoms with van der Waals surface area (Å²) in [6, 6.07) is 5.78. The maximum absolute atomic E-state index is 12.4. The predicted molar refractivity (Wildman–Crippen MR) is 92.1 cm³/mol. The molecular formula is C17H24ClN3O2. The molecule has 0 spiro atoms. The largest absolute Gasteiger partial charge is 0.495 e. The zero-order valence-corrected chi connectivity index (χ0v) is 14.2. The van der Waals surface area contributed by atoms with Crippen molar-refractivity contribution < 1.29 is 9.53 Å². The van der Waals surface area contributed by atoms with Crippen molar-refractivity contribution in [3.63, 3.8) is 0 Å². The summed E-state index contributed by atoms with van der Waals surface area (Å²) < 4.78 is 5.42. The lowest BCUT2D eigenvalue weighted by Gasteiger charge is -2.23. The Bertz CT molecular complexity index is 581. The van der Waals surface area contributed by atoms with E-state index in [4.69, 9.17) is 22.1 Å². The van der Waals surface area contributed by atoms with Gasteiger partial charge in [0.25, 0.3) is 0 Å². The smallest absolute Gasteiger partial charge is 0.224 e. The second kappa shape index (κ2) is 6.97. The molecule has 5 nitrogen and oxygen atoms in total. The first kappa shape index (κ1) is 16.4. The maximum Gasteiger partial charge on any atom is 0.224 e. The molecule has 3 N–H and O–H groups in total. The van der Waals surface area contributed by atoms with Crippen LogP contribution < -0.4 is 20.7 Å². The van der Waals surface area contributed by atoms with Gasteiger partial charge in [-0.3, -0.25) is 4.79 Å². The topological polar surface area (TPSA) is 67.6 Å². The van der Waals surface area contributed by atoms with E-state index in [0.717, 1.165) is 50.2 Å². The first-order valence-electron chi connectivity index (χ1n) is 8.23. The highest BCUT2D eigenvalue weighted by atomic mass is 35.5. The number of nitrogens with zero attached hydrogens (tertiary/aromatic N) is 1. The molecule has 2 aliphatic rings. The highest BCUT2D eigenvalue weighted by molar-refractivity contribution is 6.30. The molecule has 0 aromatic heterocycles. The van der Waals surface area contributed by atoms with Gasteiger partial charge in [0.1, 0.15) is 5.75 Å². The number of ether oxygens (including phenoxy) is 1. The number of halogens is 1. The van der Waals surface area contributed by atoms with Crippen LogP contribution in [0.5, 0.6) is 5.75 Å². The summed E-state index contributed by atoms with van der Waals surface area (Å²) in [5.74, 6) is 0.892. The van der Waals surface area contributed by atoms with Crippen molar-refractivity contribution in [3.05, 3.63) is 23.2 Å². The zero-order chi connectivity index (χ0) is 16.4. The minimum absolute atomic E-state index is 0.0144. The fourth-order valence-electron chi connectivity index (χ4n) is 3.63. The first-order valence-corrected chi connectivity index (χ1v) is 8.60. The molecule has 1 aliphatic carbocycles. The molecule has 1 saturated carbocycles. The fraction of sp³-hybridized carbons (Fsp3) is 0.588. The summed E-state index contributed by atoms with van der Waals surface area (Å²) in [4.78, 5) is 14.6. The van der Waals surface area contributed by atoms with Crippen LogP contribution in [0.15, 0.2) is 18.2 Å². The van der Waals surface area contributed by atoms with Crippen LogP contribution >= 0.6 is 11.6 Å². The average Bonchev–Trinajstić information content (AvgIpc) is 3.16. The molecule has 23 heavy (non-hydrogen) atoms. The van der Waals surface area contributed by atoms with E-state index in [1.807, 2.05) is 18.2 Å². The minimum atomic E-state index is -0.0234. The Morgan fingerprint density at radius 2 is 2.22 bits per heavy atom. The Hall–Kier alpha value is -1.46. The van der Waals surface area contributed by atoms with E-state index in [-0.39, 0.29) is 23.9 Å². The van der Waals surface area contributed by atoms with Crippen LogP contribution in [0.3, 0.4) is 0 Å².